The molecular weight excluding hydrogens is 252 g/mol. The predicted octanol–water partition coefficient (Wildman–Crippen LogP) is 2.95. The number of benzene rings is 1. The second kappa shape index (κ2) is 4.82. The van der Waals surface area contributed by atoms with Gasteiger partial charge in [0.15, 0.2) is 5.78 Å². The average Bonchev–Trinajstić information content (AvgIpc) is 2.71. The molecule has 0 unspecified atom stereocenters. The lowest BCUT2D eigenvalue weighted by Gasteiger charge is -2.06. The van der Waals surface area contributed by atoms with Gasteiger partial charge in [-0.1, -0.05) is 11.6 Å². The number of nitrogens with zero attached hydrogens (tertiary/aromatic N) is 2. The Morgan fingerprint density at radius 2 is 2.11 bits per heavy atom. The number of ketones is 1. The number of rotatable bonds is 3. The van der Waals surface area contributed by atoms with Crippen LogP contribution in [0.25, 0.3) is 11.3 Å². The van der Waals surface area contributed by atoms with Gasteiger partial charge in [0.2, 0.25) is 0 Å². The second-order valence-electron chi connectivity index (χ2n) is 3.94. The Kier molecular flexibility index (Phi) is 3.39. The molecule has 0 spiro atoms. The average molecular weight is 265 g/mol. The van der Waals surface area contributed by atoms with Crippen LogP contribution in [0.4, 0.5) is 0 Å². The number of aryl methyl sites for hydroxylation is 1. The quantitative estimate of drug-likeness (QED) is 0.801. The second-order valence-corrected chi connectivity index (χ2v) is 4.35. The Morgan fingerprint density at radius 1 is 1.39 bits per heavy atom. The number of carbonyl (C=O) groups excluding carboxylic acids is 1. The van der Waals surface area contributed by atoms with Crippen molar-refractivity contribution in [3.63, 3.8) is 0 Å². The summed E-state index contributed by atoms with van der Waals surface area (Å²) in [6.07, 6.45) is 0. The highest BCUT2D eigenvalue weighted by Crippen LogP contribution is 2.30. The zero-order valence-corrected chi connectivity index (χ0v) is 11.2. The van der Waals surface area contributed by atoms with Crippen LogP contribution >= 0.6 is 11.6 Å². The third-order valence-electron chi connectivity index (χ3n) is 2.69. The summed E-state index contributed by atoms with van der Waals surface area (Å²) in [4.78, 5) is 11.3. The van der Waals surface area contributed by atoms with Gasteiger partial charge in [0, 0.05) is 19.5 Å². The lowest BCUT2D eigenvalue weighted by atomic mass is 10.1. The molecule has 4 nitrogen and oxygen atoms in total. The summed E-state index contributed by atoms with van der Waals surface area (Å²) in [6, 6.07) is 7.21. The van der Waals surface area contributed by atoms with Crippen molar-refractivity contribution in [1.29, 1.82) is 0 Å². The Labute approximate surface area is 110 Å². The van der Waals surface area contributed by atoms with Gasteiger partial charge >= 0.3 is 0 Å². The molecule has 0 aliphatic carbocycles. The third-order valence-corrected chi connectivity index (χ3v) is 2.98. The summed E-state index contributed by atoms with van der Waals surface area (Å²) in [5.74, 6) is 0.561. The molecule has 1 heterocycles. The van der Waals surface area contributed by atoms with E-state index in [-0.39, 0.29) is 5.78 Å². The van der Waals surface area contributed by atoms with Gasteiger partial charge in [-0.2, -0.15) is 5.10 Å². The minimum Gasteiger partial charge on any atom is -0.495 e. The van der Waals surface area contributed by atoms with Crippen LogP contribution < -0.4 is 4.74 Å². The molecule has 0 atom stereocenters. The van der Waals surface area contributed by atoms with E-state index in [0.29, 0.717) is 16.5 Å². The van der Waals surface area contributed by atoms with E-state index in [1.807, 2.05) is 6.07 Å². The normalized spacial score (nSPS) is 10.4. The Bertz CT molecular complexity index is 605. The summed E-state index contributed by atoms with van der Waals surface area (Å²) in [7, 11) is 3.36. The molecule has 0 bridgehead atoms. The van der Waals surface area contributed by atoms with Crippen molar-refractivity contribution in [1.82, 2.24) is 9.78 Å². The maximum absolute atomic E-state index is 11.3. The van der Waals surface area contributed by atoms with Gasteiger partial charge < -0.3 is 4.74 Å². The first-order valence-electron chi connectivity index (χ1n) is 5.42. The van der Waals surface area contributed by atoms with Crippen molar-refractivity contribution in [3.05, 3.63) is 35.0 Å². The standard InChI is InChI=1S/C13H13ClN2O2/c1-8(17)11-7-12(16(2)15-11)9-4-5-13(18-3)10(14)6-9/h4-7H,1-3H3. The molecule has 0 saturated carbocycles. The number of aromatic nitrogens is 2. The van der Waals surface area contributed by atoms with Crippen molar-refractivity contribution in [2.24, 2.45) is 7.05 Å². The fourth-order valence-electron chi connectivity index (χ4n) is 1.74. The molecule has 0 amide bonds. The van der Waals surface area contributed by atoms with Crippen LogP contribution in [0, 0.1) is 0 Å². The maximum atomic E-state index is 11.3. The lowest BCUT2D eigenvalue weighted by Crippen LogP contribution is -1.97. The third kappa shape index (κ3) is 2.24. The number of carbonyl (C=O) groups is 1. The molecule has 18 heavy (non-hydrogen) atoms. The maximum Gasteiger partial charge on any atom is 0.180 e. The summed E-state index contributed by atoms with van der Waals surface area (Å²) < 4.78 is 6.76. The first-order valence-corrected chi connectivity index (χ1v) is 5.79. The number of ether oxygens (including phenoxy) is 1. The predicted molar refractivity (Wildman–Crippen MR) is 70.2 cm³/mol. The molecule has 1 aromatic heterocycles. The minimum absolute atomic E-state index is 0.0588. The van der Waals surface area contributed by atoms with Gasteiger partial charge in [0.05, 0.1) is 17.8 Å². The summed E-state index contributed by atoms with van der Waals surface area (Å²) in [5.41, 5.74) is 2.17. The van der Waals surface area contributed by atoms with Crippen LogP contribution in [0.2, 0.25) is 5.02 Å². The van der Waals surface area contributed by atoms with Crippen LogP contribution in [-0.2, 0) is 7.05 Å². The van der Waals surface area contributed by atoms with Gasteiger partial charge in [-0.05, 0) is 24.3 Å². The fourth-order valence-corrected chi connectivity index (χ4v) is 1.99. The highest BCUT2D eigenvalue weighted by Gasteiger charge is 2.11. The van der Waals surface area contributed by atoms with Gasteiger partial charge in [-0.25, -0.2) is 0 Å². The highest BCUT2D eigenvalue weighted by molar-refractivity contribution is 6.32. The number of hydrogen-bond acceptors (Lipinski definition) is 3. The molecule has 0 saturated heterocycles. The zero-order valence-electron chi connectivity index (χ0n) is 10.4. The Morgan fingerprint density at radius 3 is 2.61 bits per heavy atom. The van der Waals surface area contributed by atoms with E-state index >= 15 is 0 Å². The monoisotopic (exact) mass is 264 g/mol. The molecule has 2 rings (SSSR count). The summed E-state index contributed by atoms with van der Waals surface area (Å²) in [6.45, 7) is 1.49. The van der Waals surface area contributed by atoms with Gasteiger partial charge in [-0.3, -0.25) is 9.48 Å². The van der Waals surface area contributed by atoms with E-state index in [0.717, 1.165) is 11.3 Å². The number of hydrogen-bond donors (Lipinski definition) is 0. The smallest absolute Gasteiger partial charge is 0.180 e. The first kappa shape index (κ1) is 12.6. The van der Waals surface area contributed by atoms with E-state index < -0.39 is 0 Å². The van der Waals surface area contributed by atoms with E-state index in [2.05, 4.69) is 5.10 Å². The van der Waals surface area contributed by atoms with Crippen molar-refractivity contribution in [3.8, 4) is 17.0 Å². The number of halogens is 1. The molecule has 0 aliphatic heterocycles. The molecule has 0 N–H and O–H groups in total. The SMILES string of the molecule is COc1ccc(-c2cc(C(C)=O)nn2C)cc1Cl. The molecule has 1 aromatic carbocycles. The molecule has 0 fully saturated rings. The van der Waals surface area contributed by atoms with E-state index in [1.54, 1.807) is 37.0 Å². The van der Waals surface area contributed by atoms with Crippen molar-refractivity contribution in [2.45, 2.75) is 6.92 Å². The number of methoxy groups -OCH3 is 1. The topological polar surface area (TPSA) is 44.1 Å². The highest BCUT2D eigenvalue weighted by atomic mass is 35.5. The van der Waals surface area contributed by atoms with Gasteiger partial charge in [0.25, 0.3) is 0 Å². The van der Waals surface area contributed by atoms with Crippen LogP contribution in [0.3, 0.4) is 0 Å². The molecule has 0 aliphatic rings. The van der Waals surface area contributed by atoms with E-state index in [1.165, 1.54) is 6.92 Å². The van der Waals surface area contributed by atoms with E-state index in [4.69, 9.17) is 16.3 Å². The van der Waals surface area contributed by atoms with Crippen molar-refractivity contribution >= 4 is 17.4 Å². The minimum atomic E-state index is -0.0588. The van der Waals surface area contributed by atoms with E-state index in [9.17, 15) is 4.79 Å². The molecule has 0 radical (unpaired) electrons. The van der Waals surface area contributed by atoms with Crippen LogP contribution in [-0.4, -0.2) is 22.7 Å². The van der Waals surface area contributed by atoms with Crippen LogP contribution in [0.1, 0.15) is 17.4 Å². The van der Waals surface area contributed by atoms with Crippen molar-refractivity contribution in [2.75, 3.05) is 7.11 Å². The Hall–Kier alpha value is -1.81. The molecule has 94 valence electrons. The zero-order chi connectivity index (χ0) is 13.3. The van der Waals surface area contributed by atoms with Gasteiger partial charge in [0.1, 0.15) is 11.4 Å². The lowest BCUT2D eigenvalue weighted by molar-refractivity contribution is 0.101. The number of Topliss-reactive ketones (excluding diaryl/α,β-unsaturated/α-hetero) is 1. The van der Waals surface area contributed by atoms with Gasteiger partial charge in [-0.15, -0.1) is 0 Å². The molecule has 2 aromatic rings. The van der Waals surface area contributed by atoms with Crippen LogP contribution in [0.15, 0.2) is 24.3 Å². The molecular formula is C13H13ClN2O2. The fraction of sp³-hybridized carbons (Fsp3) is 0.231. The largest absolute Gasteiger partial charge is 0.495 e. The summed E-state index contributed by atoms with van der Waals surface area (Å²) in [5, 5.41) is 4.68. The first-order chi connectivity index (χ1) is 8.52. The molecule has 5 heteroatoms. The Balaban J connectivity index is 2.48. The summed E-state index contributed by atoms with van der Waals surface area (Å²) >= 11 is 6.08. The van der Waals surface area contributed by atoms with Crippen LogP contribution in [0.5, 0.6) is 5.75 Å². The van der Waals surface area contributed by atoms with Crippen molar-refractivity contribution < 1.29 is 9.53 Å².